The Morgan fingerprint density at radius 2 is 1.88 bits per heavy atom. The van der Waals surface area contributed by atoms with Gasteiger partial charge in [0.2, 0.25) is 0 Å². The fourth-order valence-electron chi connectivity index (χ4n) is 2.99. The molecule has 1 fully saturated rings. The van der Waals surface area contributed by atoms with Gasteiger partial charge in [-0.15, -0.1) is 0 Å². The summed E-state index contributed by atoms with van der Waals surface area (Å²) in [5.74, 6) is -0.829. The van der Waals surface area contributed by atoms with Crippen LogP contribution in [0.2, 0.25) is 5.02 Å². The van der Waals surface area contributed by atoms with Crippen molar-refractivity contribution in [2.24, 2.45) is 0 Å². The summed E-state index contributed by atoms with van der Waals surface area (Å²) in [5, 5.41) is 1.34. The minimum absolute atomic E-state index is 0.0391. The van der Waals surface area contributed by atoms with Gasteiger partial charge in [-0.2, -0.15) is 5.01 Å². The Hall–Kier alpha value is -3.20. The van der Waals surface area contributed by atoms with Crippen LogP contribution in [0.1, 0.15) is 21.5 Å². The van der Waals surface area contributed by atoms with Crippen molar-refractivity contribution in [3.8, 4) is 5.75 Å². The molecule has 0 aromatic heterocycles. The Bertz CT molecular complexity index is 1250. The number of carbonyl (C=O) groups is 2. The molecule has 9 heteroatoms. The molecule has 0 bridgehead atoms. The predicted molar refractivity (Wildman–Crippen MR) is 131 cm³/mol. The number of thiocarbonyl (C=S) groups is 1. The molecule has 0 radical (unpaired) electrons. The van der Waals surface area contributed by atoms with Crippen LogP contribution < -0.4 is 10.2 Å². The van der Waals surface area contributed by atoms with Crippen molar-refractivity contribution < 1.29 is 18.7 Å². The van der Waals surface area contributed by atoms with Gasteiger partial charge in [-0.1, -0.05) is 59.8 Å². The summed E-state index contributed by atoms with van der Waals surface area (Å²) in [4.78, 5) is 25.5. The number of ether oxygens (including phenoxy) is 1. The second-order valence-corrected chi connectivity index (χ2v) is 8.97. The third-order valence-corrected chi connectivity index (χ3v) is 6.30. The van der Waals surface area contributed by atoms with Gasteiger partial charge in [-0.05, 0) is 60.3 Å². The molecule has 1 heterocycles. The lowest BCUT2D eigenvalue weighted by molar-refractivity contribution is -0.123. The molecule has 1 N–H and O–H groups in total. The van der Waals surface area contributed by atoms with E-state index in [9.17, 15) is 14.0 Å². The average molecular weight is 499 g/mol. The number of amides is 2. The highest BCUT2D eigenvalue weighted by atomic mass is 35.5. The third kappa shape index (κ3) is 5.42. The zero-order valence-corrected chi connectivity index (χ0v) is 19.3. The molecule has 166 valence electrons. The molecule has 3 aromatic rings. The maximum absolute atomic E-state index is 14.0. The van der Waals surface area contributed by atoms with Crippen LogP contribution in [-0.4, -0.2) is 21.1 Å². The van der Waals surface area contributed by atoms with Crippen molar-refractivity contribution in [1.82, 2.24) is 10.4 Å². The summed E-state index contributed by atoms with van der Waals surface area (Å²) in [6.45, 7) is -0.0391. The molecule has 4 rings (SSSR count). The number of carbonyl (C=O) groups excluding carboxylic acids is 2. The largest absolute Gasteiger partial charge is 0.489 e. The molecular weight excluding hydrogens is 483 g/mol. The summed E-state index contributed by atoms with van der Waals surface area (Å²) in [5.41, 5.74) is 3.90. The highest BCUT2D eigenvalue weighted by molar-refractivity contribution is 8.26. The normalized spacial score (nSPS) is 14.6. The van der Waals surface area contributed by atoms with Crippen LogP contribution in [0.4, 0.5) is 4.39 Å². The number of benzene rings is 3. The molecule has 5 nitrogen and oxygen atoms in total. The smallest absolute Gasteiger partial charge is 0.285 e. The first-order chi connectivity index (χ1) is 15.9. The van der Waals surface area contributed by atoms with Crippen LogP contribution >= 0.6 is 35.6 Å². The highest BCUT2D eigenvalue weighted by Crippen LogP contribution is 2.32. The lowest BCUT2D eigenvalue weighted by Gasteiger charge is -2.15. The standard InChI is InChI=1S/C24H16ClFN2O3S2/c25-19-10-5-11-20(26)18(19)14-31-17-9-4-6-15(12-17)13-21-23(30)28(24(32)33-21)27-22(29)16-7-2-1-3-8-16/h1-13H,14H2,(H,27,29)/b21-13+. The van der Waals surface area contributed by atoms with E-state index in [0.29, 0.717) is 21.8 Å². The van der Waals surface area contributed by atoms with Gasteiger partial charge in [0.05, 0.1) is 9.93 Å². The molecule has 1 aliphatic rings. The number of thioether (sulfide) groups is 1. The Balaban J connectivity index is 1.46. The minimum atomic E-state index is -0.445. The quantitative estimate of drug-likeness (QED) is 0.354. The van der Waals surface area contributed by atoms with Crippen LogP contribution in [0.25, 0.3) is 6.08 Å². The predicted octanol–water partition coefficient (Wildman–Crippen LogP) is 5.60. The topological polar surface area (TPSA) is 58.6 Å². The monoisotopic (exact) mass is 498 g/mol. The van der Waals surface area contributed by atoms with E-state index in [0.717, 1.165) is 16.8 Å². The van der Waals surface area contributed by atoms with Crippen LogP contribution in [-0.2, 0) is 11.4 Å². The molecule has 0 aliphatic carbocycles. The Morgan fingerprint density at radius 3 is 2.64 bits per heavy atom. The van der Waals surface area contributed by atoms with Crippen molar-refractivity contribution in [3.05, 3.63) is 105 Å². The van der Waals surface area contributed by atoms with Gasteiger partial charge in [0, 0.05) is 11.1 Å². The number of halogens is 2. The molecule has 1 aliphatic heterocycles. The van der Waals surface area contributed by atoms with E-state index in [1.54, 1.807) is 66.7 Å². The number of hydrogen-bond donors (Lipinski definition) is 1. The summed E-state index contributed by atoms with van der Waals surface area (Å²) in [6.07, 6.45) is 1.65. The van der Waals surface area contributed by atoms with Crippen LogP contribution in [0.5, 0.6) is 5.75 Å². The minimum Gasteiger partial charge on any atom is -0.489 e. The second-order valence-electron chi connectivity index (χ2n) is 6.89. The zero-order valence-electron chi connectivity index (χ0n) is 17.0. The van der Waals surface area contributed by atoms with Crippen molar-refractivity contribution in [1.29, 1.82) is 0 Å². The van der Waals surface area contributed by atoms with Crippen molar-refractivity contribution in [2.45, 2.75) is 6.61 Å². The summed E-state index contributed by atoms with van der Waals surface area (Å²) < 4.78 is 19.9. The highest BCUT2D eigenvalue weighted by Gasteiger charge is 2.33. The van der Waals surface area contributed by atoms with Gasteiger partial charge in [0.15, 0.2) is 4.32 Å². The fourth-order valence-corrected chi connectivity index (χ4v) is 4.39. The van der Waals surface area contributed by atoms with Gasteiger partial charge in [0.25, 0.3) is 11.8 Å². The first kappa shape index (κ1) is 23.0. The lowest BCUT2D eigenvalue weighted by Crippen LogP contribution is -2.44. The molecular formula is C24H16ClFN2O3S2. The molecule has 1 saturated heterocycles. The summed E-state index contributed by atoms with van der Waals surface area (Å²) >= 11 is 12.4. The summed E-state index contributed by atoms with van der Waals surface area (Å²) in [6, 6.07) is 20.0. The molecule has 33 heavy (non-hydrogen) atoms. The van der Waals surface area contributed by atoms with Gasteiger partial charge >= 0.3 is 0 Å². The van der Waals surface area contributed by atoms with Crippen molar-refractivity contribution in [2.75, 3.05) is 0 Å². The van der Waals surface area contributed by atoms with E-state index in [2.05, 4.69) is 5.43 Å². The SMILES string of the molecule is O=C(NN1C(=O)/C(=C\c2cccc(OCc3c(F)cccc3Cl)c2)SC1=S)c1ccccc1. The Morgan fingerprint density at radius 1 is 1.12 bits per heavy atom. The van der Waals surface area contributed by atoms with Gasteiger partial charge in [-0.25, -0.2) is 4.39 Å². The molecule has 2 amide bonds. The number of hydrogen-bond acceptors (Lipinski definition) is 5. The number of nitrogens with zero attached hydrogens (tertiary/aromatic N) is 1. The number of nitrogens with one attached hydrogen (secondary N) is 1. The van der Waals surface area contributed by atoms with E-state index in [1.807, 2.05) is 0 Å². The number of rotatable bonds is 6. The zero-order chi connectivity index (χ0) is 23.4. The summed E-state index contributed by atoms with van der Waals surface area (Å²) in [7, 11) is 0. The van der Waals surface area contributed by atoms with Gasteiger partial charge < -0.3 is 4.74 Å². The van der Waals surface area contributed by atoms with E-state index >= 15 is 0 Å². The average Bonchev–Trinajstić information content (AvgIpc) is 3.07. The molecule has 0 spiro atoms. The van der Waals surface area contributed by atoms with E-state index in [1.165, 1.54) is 12.1 Å². The molecule has 3 aromatic carbocycles. The second kappa shape index (κ2) is 10.2. The van der Waals surface area contributed by atoms with E-state index in [4.69, 9.17) is 28.6 Å². The Labute approximate surface area is 204 Å². The molecule has 0 unspecified atom stereocenters. The van der Waals surface area contributed by atoms with Crippen LogP contribution in [0, 0.1) is 5.82 Å². The van der Waals surface area contributed by atoms with E-state index < -0.39 is 17.6 Å². The van der Waals surface area contributed by atoms with Crippen molar-refractivity contribution in [3.63, 3.8) is 0 Å². The third-order valence-electron chi connectivity index (χ3n) is 4.64. The fraction of sp³-hybridized carbons (Fsp3) is 0.0417. The maximum atomic E-state index is 14.0. The van der Waals surface area contributed by atoms with Gasteiger partial charge in [-0.3, -0.25) is 15.0 Å². The molecule has 0 saturated carbocycles. The molecule has 0 atom stereocenters. The van der Waals surface area contributed by atoms with Crippen molar-refractivity contribution >= 4 is 57.8 Å². The number of hydrazine groups is 1. The maximum Gasteiger partial charge on any atom is 0.285 e. The first-order valence-corrected chi connectivity index (χ1v) is 11.3. The van der Waals surface area contributed by atoms with Crippen LogP contribution in [0.3, 0.4) is 0 Å². The van der Waals surface area contributed by atoms with E-state index in [-0.39, 0.29) is 21.5 Å². The first-order valence-electron chi connectivity index (χ1n) is 9.72. The Kier molecular flexibility index (Phi) is 7.08. The van der Waals surface area contributed by atoms with Crippen LogP contribution in [0.15, 0.2) is 77.7 Å². The lowest BCUT2D eigenvalue weighted by atomic mass is 10.2. The van der Waals surface area contributed by atoms with Gasteiger partial charge in [0.1, 0.15) is 18.2 Å².